The van der Waals surface area contributed by atoms with Crippen molar-refractivity contribution >= 4 is 17.4 Å². The molecule has 6 nitrogen and oxygen atoms in total. The van der Waals surface area contributed by atoms with Gasteiger partial charge in [-0.3, -0.25) is 0 Å². The molecule has 0 radical (unpaired) electrons. The summed E-state index contributed by atoms with van der Waals surface area (Å²) in [6.45, 7) is 0.453. The SMILES string of the molecule is Nc1c2c(nc[n+]1Cc1ccco1)Oc1cc(O)ccc1[C@H]2c1ccc(Cl)cc1. The van der Waals surface area contributed by atoms with Gasteiger partial charge >= 0.3 is 5.88 Å². The molecule has 1 atom stereocenters. The standard InChI is InChI=1S/C22H16ClN3O3/c23-14-5-3-13(4-6-14)19-17-8-7-15(27)10-18(17)29-22-20(19)21(24)26(12-25-22)11-16-2-1-9-28-16/h1-10,12,19,24,27H,11H2/p+1/t19-/m1/s1. The molecule has 1 aliphatic rings. The number of benzene rings is 2. The number of halogens is 1. The first-order valence-electron chi connectivity index (χ1n) is 9.06. The average Bonchev–Trinajstić information content (AvgIpc) is 3.22. The molecule has 0 saturated carbocycles. The number of ether oxygens (including phenoxy) is 1. The van der Waals surface area contributed by atoms with Crippen LogP contribution in [-0.2, 0) is 6.54 Å². The summed E-state index contributed by atoms with van der Waals surface area (Å²) in [6.07, 6.45) is 3.25. The molecule has 3 N–H and O–H groups in total. The van der Waals surface area contributed by atoms with Gasteiger partial charge in [0, 0.05) is 16.7 Å². The van der Waals surface area contributed by atoms with Crippen LogP contribution < -0.4 is 15.0 Å². The number of phenolic OH excluding ortho intramolecular Hbond substituents is 1. The fourth-order valence-electron chi connectivity index (χ4n) is 3.68. The minimum atomic E-state index is -0.219. The lowest BCUT2D eigenvalue weighted by molar-refractivity contribution is -0.679. The summed E-state index contributed by atoms with van der Waals surface area (Å²) >= 11 is 6.10. The first kappa shape index (κ1) is 17.6. The Balaban J connectivity index is 1.70. The minimum absolute atomic E-state index is 0.124. The zero-order chi connectivity index (χ0) is 20.0. The van der Waals surface area contributed by atoms with Gasteiger partial charge in [-0.2, -0.15) is 0 Å². The quantitative estimate of drug-likeness (QED) is 0.438. The number of hydrogen-bond donors (Lipinski definition) is 2. The number of furan rings is 1. The van der Waals surface area contributed by atoms with E-state index in [1.54, 1.807) is 24.7 Å². The van der Waals surface area contributed by atoms with Crippen molar-refractivity contribution < 1.29 is 18.8 Å². The van der Waals surface area contributed by atoms with E-state index >= 15 is 0 Å². The van der Waals surface area contributed by atoms with E-state index < -0.39 is 0 Å². The first-order valence-corrected chi connectivity index (χ1v) is 9.44. The van der Waals surface area contributed by atoms with E-state index in [0.29, 0.717) is 29.0 Å². The van der Waals surface area contributed by atoms with Crippen LogP contribution >= 0.6 is 11.6 Å². The van der Waals surface area contributed by atoms with Gasteiger partial charge in [0.25, 0.3) is 0 Å². The van der Waals surface area contributed by atoms with E-state index in [4.69, 9.17) is 26.5 Å². The Morgan fingerprint density at radius 1 is 1.14 bits per heavy atom. The maximum Gasteiger partial charge on any atom is 0.306 e. The summed E-state index contributed by atoms with van der Waals surface area (Å²) < 4.78 is 13.3. The minimum Gasteiger partial charge on any atom is -0.508 e. The molecule has 4 aromatic rings. The van der Waals surface area contributed by atoms with E-state index in [1.165, 1.54) is 0 Å². The fourth-order valence-corrected chi connectivity index (χ4v) is 3.80. The molecule has 2 aromatic carbocycles. The second-order valence-corrected chi connectivity index (χ2v) is 7.30. The number of rotatable bonds is 3. The third-order valence-corrected chi connectivity index (χ3v) is 5.30. The number of anilines is 1. The van der Waals surface area contributed by atoms with Gasteiger partial charge in [-0.05, 0) is 35.9 Å². The summed E-state index contributed by atoms with van der Waals surface area (Å²) in [5.41, 5.74) is 9.24. The Morgan fingerprint density at radius 2 is 1.97 bits per heavy atom. The molecule has 2 aromatic heterocycles. The van der Waals surface area contributed by atoms with Crippen molar-refractivity contribution in [3.8, 4) is 17.4 Å². The Morgan fingerprint density at radius 3 is 2.72 bits per heavy atom. The molecule has 0 fully saturated rings. The molecule has 29 heavy (non-hydrogen) atoms. The van der Waals surface area contributed by atoms with Crippen LogP contribution in [0.4, 0.5) is 5.82 Å². The van der Waals surface area contributed by atoms with Crippen molar-refractivity contribution in [2.75, 3.05) is 5.73 Å². The third kappa shape index (κ3) is 3.07. The van der Waals surface area contributed by atoms with Crippen LogP contribution in [-0.4, -0.2) is 10.1 Å². The molecular formula is C22H17ClN3O3+. The van der Waals surface area contributed by atoms with Gasteiger partial charge in [-0.1, -0.05) is 34.8 Å². The predicted molar refractivity (Wildman–Crippen MR) is 107 cm³/mol. The molecule has 0 spiro atoms. The largest absolute Gasteiger partial charge is 0.508 e. The molecule has 0 bridgehead atoms. The highest BCUT2D eigenvalue weighted by atomic mass is 35.5. The molecular weight excluding hydrogens is 390 g/mol. The third-order valence-electron chi connectivity index (χ3n) is 5.04. The molecule has 0 unspecified atom stereocenters. The number of nitrogens with zero attached hydrogens (tertiary/aromatic N) is 2. The van der Waals surface area contributed by atoms with E-state index in [9.17, 15) is 5.11 Å². The topological polar surface area (TPSA) is 85.4 Å². The fraction of sp³-hybridized carbons (Fsp3) is 0.0909. The highest BCUT2D eigenvalue weighted by Gasteiger charge is 2.36. The number of nitrogen functional groups attached to an aromatic ring is 1. The van der Waals surface area contributed by atoms with Crippen molar-refractivity contribution in [3.63, 3.8) is 0 Å². The van der Waals surface area contributed by atoms with E-state index in [-0.39, 0.29) is 11.7 Å². The van der Waals surface area contributed by atoms with Crippen molar-refractivity contribution in [3.05, 3.63) is 94.7 Å². The van der Waals surface area contributed by atoms with Gasteiger partial charge in [0.2, 0.25) is 12.1 Å². The molecule has 3 heterocycles. The summed E-state index contributed by atoms with van der Waals surface area (Å²) in [6, 6.07) is 16.4. The predicted octanol–water partition coefficient (Wildman–Crippen LogP) is 4.24. The second-order valence-electron chi connectivity index (χ2n) is 6.86. The maximum absolute atomic E-state index is 9.91. The van der Waals surface area contributed by atoms with Gasteiger partial charge in [0.1, 0.15) is 29.4 Å². The zero-order valence-corrected chi connectivity index (χ0v) is 16.0. The van der Waals surface area contributed by atoms with Crippen LogP contribution in [0.3, 0.4) is 0 Å². The number of fused-ring (bicyclic) bond motifs is 2. The van der Waals surface area contributed by atoms with Crippen molar-refractivity contribution in [2.24, 2.45) is 0 Å². The smallest absolute Gasteiger partial charge is 0.306 e. The molecule has 0 saturated heterocycles. The lowest BCUT2D eigenvalue weighted by Crippen LogP contribution is -2.40. The van der Waals surface area contributed by atoms with Gasteiger partial charge in [0.05, 0.1) is 12.2 Å². The van der Waals surface area contributed by atoms with Gasteiger partial charge < -0.3 is 20.0 Å². The number of hydrogen-bond acceptors (Lipinski definition) is 5. The van der Waals surface area contributed by atoms with Crippen LogP contribution in [0.25, 0.3) is 0 Å². The lowest BCUT2D eigenvalue weighted by Gasteiger charge is -2.27. The van der Waals surface area contributed by atoms with Gasteiger partial charge in [0.15, 0.2) is 0 Å². The Kier molecular flexibility index (Phi) is 4.14. The zero-order valence-electron chi connectivity index (χ0n) is 15.2. The number of nitrogens with two attached hydrogens (primary N) is 1. The highest BCUT2D eigenvalue weighted by molar-refractivity contribution is 6.30. The van der Waals surface area contributed by atoms with Crippen LogP contribution in [0.2, 0.25) is 5.02 Å². The normalized spacial score (nSPS) is 14.7. The summed E-state index contributed by atoms with van der Waals surface area (Å²) in [5.74, 6) is 2.17. The number of phenols is 1. The van der Waals surface area contributed by atoms with Crippen molar-refractivity contribution in [1.29, 1.82) is 0 Å². The molecule has 144 valence electrons. The van der Waals surface area contributed by atoms with Gasteiger partial charge in [-0.15, -0.1) is 0 Å². The summed E-state index contributed by atoms with van der Waals surface area (Å²) in [4.78, 5) is 4.49. The number of aromatic hydroxyl groups is 1. The average molecular weight is 407 g/mol. The summed E-state index contributed by atoms with van der Waals surface area (Å²) in [7, 11) is 0. The maximum atomic E-state index is 9.91. The first-order chi connectivity index (χ1) is 14.1. The van der Waals surface area contributed by atoms with Crippen molar-refractivity contribution in [1.82, 2.24) is 4.98 Å². The lowest BCUT2D eigenvalue weighted by atomic mass is 9.83. The van der Waals surface area contributed by atoms with E-state index in [1.807, 2.05) is 47.0 Å². The summed E-state index contributed by atoms with van der Waals surface area (Å²) in [5, 5.41) is 10.6. The molecule has 0 amide bonds. The Labute approximate surface area is 171 Å². The molecule has 1 aliphatic heterocycles. The van der Waals surface area contributed by atoms with Crippen LogP contribution in [0.15, 0.2) is 71.6 Å². The van der Waals surface area contributed by atoms with Crippen LogP contribution in [0, 0.1) is 0 Å². The van der Waals surface area contributed by atoms with E-state index in [0.717, 1.165) is 22.5 Å². The van der Waals surface area contributed by atoms with E-state index in [2.05, 4.69) is 4.98 Å². The molecule has 7 heteroatoms. The molecule has 0 aliphatic carbocycles. The Hall–Kier alpha value is -3.51. The highest BCUT2D eigenvalue weighted by Crippen LogP contribution is 2.48. The number of aromatic nitrogens is 2. The van der Waals surface area contributed by atoms with Gasteiger partial charge in [-0.25, -0.2) is 4.57 Å². The Bertz CT molecular complexity index is 1190. The second kappa shape index (κ2) is 6.83. The van der Waals surface area contributed by atoms with Crippen LogP contribution in [0.5, 0.6) is 17.4 Å². The van der Waals surface area contributed by atoms with Crippen LogP contribution in [0.1, 0.15) is 28.4 Å². The molecule has 5 rings (SSSR count). The monoisotopic (exact) mass is 406 g/mol. The van der Waals surface area contributed by atoms with Crippen molar-refractivity contribution in [2.45, 2.75) is 12.5 Å².